The van der Waals surface area contributed by atoms with Crippen molar-refractivity contribution in [1.82, 2.24) is 0 Å². The van der Waals surface area contributed by atoms with Crippen molar-refractivity contribution >= 4 is 5.57 Å². The summed E-state index contributed by atoms with van der Waals surface area (Å²) in [5, 5.41) is 0. The van der Waals surface area contributed by atoms with Gasteiger partial charge in [-0.15, -0.1) is 0 Å². The smallest absolute Gasteiger partial charge is 0.207 e. The summed E-state index contributed by atoms with van der Waals surface area (Å²) < 4.78 is 11.3. The molecule has 2 nitrogen and oxygen atoms in total. The number of hydrogen-bond acceptors (Lipinski definition) is 2. The van der Waals surface area contributed by atoms with E-state index in [-0.39, 0.29) is 0 Å². The normalized spacial score (nSPS) is 14.1. The SMILES string of the molecule is C=C(C)c1ccc(OC(C)(CCC)OC)cc1. The number of ether oxygens (including phenoxy) is 2. The first-order valence-electron chi connectivity index (χ1n) is 6.01. The Balaban J connectivity index is 2.77. The van der Waals surface area contributed by atoms with E-state index >= 15 is 0 Å². The molecule has 1 rings (SSSR count). The highest BCUT2D eigenvalue weighted by Gasteiger charge is 2.24. The third kappa shape index (κ3) is 3.90. The van der Waals surface area contributed by atoms with Crippen molar-refractivity contribution < 1.29 is 9.47 Å². The molecule has 1 unspecified atom stereocenters. The summed E-state index contributed by atoms with van der Waals surface area (Å²) in [6, 6.07) is 7.94. The Morgan fingerprint density at radius 1 is 1.29 bits per heavy atom. The Hall–Kier alpha value is -1.28. The molecule has 0 amide bonds. The van der Waals surface area contributed by atoms with Gasteiger partial charge in [-0.05, 0) is 31.0 Å². The molecule has 0 N–H and O–H groups in total. The highest BCUT2D eigenvalue weighted by Crippen LogP contribution is 2.24. The van der Waals surface area contributed by atoms with Gasteiger partial charge < -0.3 is 9.47 Å². The Morgan fingerprint density at radius 3 is 2.29 bits per heavy atom. The summed E-state index contributed by atoms with van der Waals surface area (Å²) in [6.45, 7) is 9.98. The minimum absolute atomic E-state index is 0.542. The molecule has 1 atom stereocenters. The molecular weight excluding hydrogens is 212 g/mol. The molecule has 1 aromatic rings. The lowest BCUT2D eigenvalue weighted by molar-refractivity contribution is -0.154. The maximum Gasteiger partial charge on any atom is 0.207 e. The van der Waals surface area contributed by atoms with E-state index in [2.05, 4.69) is 13.5 Å². The monoisotopic (exact) mass is 234 g/mol. The fourth-order valence-electron chi connectivity index (χ4n) is 1.71. The van der Waals surface area contributed by atoms with E-state index < -0.39 is 5.79 Å². The van der Waals surface area contributed by atoms with Gasteiger partial charge >= 0.3 is 0 Å². The summed E-state index contributed by atoms with van der Waals surface area (Å²) in [5.41, 5.74) is 2.19. The maximum atomic E-state index is 5.87. The van der Waals surface area contributed by atoms with Crippen LogP contribution in [0.5, 0.6) is 5.75 Å². The Labute approximate surface area is 104 Å². The van der Waals surface area contributed by atoms with E-state index in [1.807, 2.05) is 38.1 Å². The van der Waals surface area contributed by atoms with Crippen molar-refractivity contribution in [2.75, 3.05) is 7.11 Å². The molecule has 0 aliphatic carbocycles. The number of benzene rings is 1. The van der Waals surface area contributed by atoms with Crippen LogP contribution < -0.4 is 4.74 Å². The fourth-order valence-corrected chi connectivity index (χ4v) is 1.71. The predicted octanol–water partition coefficient (Wildman–Crippen LogP) is 4.26. The molecule has 17 heavy (non-hydrogen) atoms. The first-order valence-corrected chi connectivity index (χ1v) is 6.01. The standard InChI is InChI=1S/C15H22O2/c1-6-11-15(4,16-5)17-14-9-7-13(8-10-14)12(2)3/h7-10H,2,6,11H2,1,3-5H3. The van der Waals surface area contributed by atoms with Crippen LogP contribution in [0.2, 0.25) is 0 Å². The van der Waals surface area contributed by atoms with Gasteiger partial charge in [0.1, 0.15) is 5.75 Å². The van der Waals surface area contributed by atoms with Crippen LogP contribution in [0.3, 0.4) is 0 Å². The van der Waals surface area contributed by atoms with Gasteiger partial charge in [-0.1, -0.05) is 31.2 Å². The lowest BCUT2D eigenvalue weighted by Gasteiger charge is -2.28. The molecule has 94 valence electrons. The van der Waals surface area contributed by atoms with Crippen LogP contribution in [0, 0.1) is 0 Å². The summed E-state index contributed by atoms with van der Waals surface area (Å²) >= 11 is 0. The first-order chi connectivity index (χ1) is 8.00. The van der Waals surface area contributed by atoms with Gasteiger partial charge in [-0.25, -0.2) is 0 Å². The van der Waals surface area contributed by atoms with Crippen molar-refractivity contribution in [2.45, 2.75) is 39.4 Å². The lowest BCUT2D eigenvalue weighted by atomic mass is 10.1. The highest BCUT2D eigenvalue weighted by molar-refractivity contribution is 5.61. The largest absolute Gasteiger partial charge is 0.463 e. The Morgan fingerprint density at radius 2 is 1.88 bits per heavy atom. The molecule has 0 fully saturated rings. The van der Waals surface area contributed by atoms with Crippen molar-refractivity contribution in [2.24, 2.45) is 0 Å². The van der Waals surface area contributed by atoms with Crippen molar-refractivity contribution in [3.05, 3.63) is 36.4 Å². The van der Waals surface area contributed by atoms with Crippen LogP contribution in [0.1, 0.15) is 39.2 Å². The van der Waals surface area contributed by atoms with E-state index in [9.17, 15) is 0 Å². The van der Waals surface area contributed by atoms with Crippen molar-refractivity contribution in [1.29, 1.82) is 0 Å². The van der Waals surface area contributed by atoms with E-state index in [0.29, 0.717) is 0 Å². The Kier molecular flexibility index (Phi) is 4.76. The second kappa shape index (κ2) is 5.87. The van der Waals surface area contributed by atoms with Crippen molar-refractivity contribution in [3.8, 4) is 5.75 Å². The van der Waals surface area contributed by atoms with Gasteiger partial charge in [0.2, 0.25) is 5.79 Å². The van der Waals surface area contributed by atoms with E-state index in [0.717, 1.165) is 29.7 Å². The average Bonchev–Trinajstić information content (AvgIpc) is 2.30. The minimum atomic E-state index is -0.542. The average molecular weight is 234 g/mol. The van der Waals surface area contributed by atoms with Gasteiger partial charge in [0.25, 0.3) is 0 Å². The van der Waals surface area contributed by atoms with Gasteiger partial charge in [-0.3, -0.25) is 0 Å². The zero-order chi connectivity index (χ0) is 12.9. The van der Waals surface area contributed by atoms with Gasteiger partial charge in [0.05, 0.1) is 0 Å². The first kappa shape index (κ1) is 13.8. The zero-order valence-corrected chi connectivity index (χ0v) is 11.2. The second-order valence-electron chi connectivity index (χ2n) is 4.49. The third-order valence-corrected chi connectivity index (χ3v) is 2.82. The van der Waals surface area contributed by atoms with Gasteiger partial charge in [0, 0.05) is 20.5 Å². The van der Waals surface area contributed by atoms with E-state index in [1.165, 1.54) is 0 Å². The van der Waals surface area contributed by atoms with Crippen LogP contribution in [0.4, 0.5) is 0 Å². The minimum Gasteiger partial charge on any atom is -0.463 e. The Bertz CT molecular complexity index is 367. The summed E-state index contributed by atoms with van der Waals surface area (Å²) in [4.78, 5) is 0. The second-order valence-corrected chi connectivity index (χ2v) is 4.49. The van der Waals surface area contributed by atoms with Gasteiger partial charge in [0.15, 0.2) is 0 Å². The van der Waals surface area contributed by atoms with Crippen LogP contribution >= 0.6 is 0 Å². The molecule has 0 aliphatic heterocycles. The van der Waals surface area contributed by atoms with Crippen LogP contribution in [0.15, 0.2) is 30.8 Å². The fraction of sp³-hybridized carbons (Fsp3) is 0.467. The van der Waals surface area contributed by atoms with E-state index in [1.54, 1.807) is 7.11 Å². The molecule has 0 heterocycles. The summed E-state index contributed by atoms with van der Waals surface area (Å²) in [5.74, 6) is 0.284. The van der Waals surface area contributed by atoms with Crippen LogP contribution in [0.25, 0.3) is 5.57 Å². The van der Waals surface area contributed by atoms with Gasteiger partial charge in [-0.2, -0.15) is 0 Å². The maximum absolute atomic E-state index is 5.87. The van der Waals surface area contributed by atoms with E-state index in [4.69, 9.17) is 9.47 Å². The third-order valence-electron chi connectivity index (χ3n) is 2.82. The molecular formula is C15H22O2. The number of methoxy groups -OCH3 is 1. The summed E-state index contributed by atoms with van der Waals surface area (Å²) in [7, 11) is 1.68. The molecule has 0 saturated carbocycles. The molecule has 0 saturated heterocycles. The molecule has 0 bridgehead atoms. The predicted molar refractivity (Wildman–Crippen MR) is 72.1 cm³/mol. The zero-order valence-electron chi connectivity index (χ0n) is 11.2. The molecule has 2 heteroatoms. The summed E-state index contributed by atoms with van der Waals surface area (Å²) in [6.07, 6.45) is 1.89. The van der Waals surface area contributed by atoms with Crippen LogP contribution in [-0.2, 0) is 4.74 Å². The molecule has 0 aromatic heterocycles. The lowest BCUT2D eigenvalue weighted by Crippen LogP contribution is -2.34. The molecule has 1 aromatic carbocycles. The van der Waals surface area contributed by atoms with Crippen molar-refractivity contribution in [3.63, 3.8) is 0 Å². The van der Waals surface area contributed by atoms with Crippen LogP contribution in [-0.4, -0.2) is 12.9 Å². The molecule has 0 aliphatic rings. The highest BCUT2D eigenvalue weighted by atomic mass is 16.7. The number of allylic oxidation sites excluding steroid dienone is 1. The molecule has 0 spiro atoms. The quantitative estimate of drug-likeness (QED) is 0.685. The number of hydrogen-bond donors (Lipinski definition) is 0. The topological polar surface area (TPSA) is 18.5 Å². The molecule has 0 radical (unpaired) electrons. The number of rotatable bonds is 6.